The van der Waals surface area contributed by atoms with E-state index in [1.165, 1.54) is 81.2 Å². The number of unbranched alkanes of at least 4 members (excludes halogenated alkanes) is 9. The Morgan fingerprint density at radius 2 is 1.55 bits per heavy atom. The number of methoxy groups -OCH3 is 1. The van der Waals surface area contributed by atoms with Crippen molar-refractivity contribution in [3.05, 3.63) is 112 Å². The number of amides is 1. The number of aryl methyl sites for hydroxylation is 2. The van der Waals surface area contributed by atoms with Crippen LogP contribution in [0.1, 0.15) is 104 Å². The molecular formula is C43H54N6O8S. The van der Waals surface area contributed by atoms with Crippen molar-refractivity contribution < 1.29 is 32.6 Å². The smallest absolute Gasteiger partial charge is 0.332 e. The number of carbonyl (C=O) groups is 2. The first kappa shape index (κ1) is 43.3. The molecule has 0 bridgehead atoms. The first-order valence-corrected chi connectivity index (χ1v) is 21.3. The highest BCUT2D eigenvalue weighted by Gasteiger charge is 2.37. The van der Waals surface area contributed by atoms with Gasteiger partial charge in [-0.05, 0) is 68.3 Å². The summed E-state index contributed by atoms with van der Waals surface area (Å²) in [5.41, 5.74) is 0.806. The molecule has 1 amide bonds. The van der Waals surface area contributed by atoms with Gasteiger partial charge in [-0.15, -0.1) is 0 Å². The Bertz CT molecular complexity index is 2280. The van der Waals surface area contributed by atoms with E-state index < -0.39 is 39.3 Å². The van der Waals surface area contributed by atoms with E-state index in [4.69, 9.17) is 9.47 Å². The molecule has 310 valence electrons. The van der Waals surface area contributed by atoms with E-state index in [0.29, 0.717) is 28.3 Å². The van der Waals surface area contributed by atoms with Crippen LogP contribution in [0.25, 0.3) is 0 Å². The number of hydrogen-bond donors (Lipinski definition) is 4. The van der Waals surface area contributed by atoms with Crippen LogP contribution in [0.15, 0.2) is 88.7 Å². The summed E-state index contributed by atoms with van der Waals surface area (Å²) in [5, 5.41) is 20.4. The predicted octanol–water partition coefficient (Wildman–Crippen LogP) is 7.92. The van der Waals surface area contributed by atoms with Crippen LogP contribution in [0.3, 0.4) is 0 Å². The molecule has 0 aliphatic rings. The molecule has 0 fully saturated rings. The minimum Gasteiger partial charge on any atom is -0.495 e. The number of sulfonamides is 1. The SMILES string of the molecule is CCCCCCCCCCCCOc1ccc(NS(=O)(=O)c2ccc(OC)c(NC(=O)C(C(=O)c3c(C)n[nH]c3C)n3c(O)cn(Cc4ccccc4)c3=O)c2)cc1. The van der Waals surface area contributed by atoms with E-state index in [0.717, 1.165) is 24.6 Å². The molecule has 5 rings (SSSR count). The molecule has 14 nitrogen and oxygen atoms in total. The third-order valence-corrected chi connectivity index (χ3v) is 11.3. The van der Waals surface area contributed by atoms with Gasteiger partial charge in [-0.1, -0.05) is 95.0 Å². The second-order valence-corrected chi connectivity index (χ2v) is 16.0. The van der Waals surface area contributed by atoms with Gasteiger partial charge in [-0.2, -0.15) is 5.10 Å². The van der Waals surface area contributed by atoms with Gasteiger partial charge < -0.3 is 19.9 Å². The van der Waals surface area contributed by atoms with Crippen LogP contribution < -0.4 is 25.2 Å². The molecule has 1 atom stereocenters. The number of nitrogens with zero attached hydrogens (tertiary/aromatic N) is 3. The molecule has 2 heterocycles. The fraction of sp³-hybridized carbons (Fsp3) is 0.395. The Balaban J connectivity index is 1.29. The number of rotatable bonds is 23. The van der Waals surface area contributed by atoms with E-state index in [1.54, 1.807) is 62.4 Å². The summed E-state index contributed by atoms with van der Waals surface area (Å²) in [6, 6.07) is 17.5. The third-order valence-electron chi connectivity index (χ3n) is 9.91. The number of benzene rings is 3. The molecule has 0 saturated carbocycles. The second-order valence-electron chi connectivity index (χ2n) is 14.3. The molecule has 2 aromatic heterocycles. The van der Waals surface area contributed by atoms with Crippen LogP contribution in [-0.2, 0) is 21.4 Å². The van der Waals surface area contributed by atoms with Crippen molar-refractivity contribution in [2.45, 2.75) is 102 Å². The molecule has 0 radical (unpaired) electrons. The van der Waals surface area contributed by atoms with Gasteiger partial charge in [0.05, 0.1) is 48.3 Å². The summed E-state index contributed by atoms with van der Waals surface area (Å²) in [7, 11) is -2.87. The monoisotopic (exact) mass is 814 g/mol. The largest absolute Gasteiger partial charge is 0.495 e. The van der Waals surface area contributed by atoms with Gasteiger partial charge in [0.25, 0.3) is 15.9 Å². The summed E-state index contributed by atoms with van der Waals surface area (Å²) in [6.45, 7) is 6.02. The normalized spacial score (nSPS) is 11.9. The Kier molecular flexibility index (Phi) is 15.3. The van der Waals surface area contributed by atoms with Crippen LogP contribution in [0.5, 0.6) is 17.4 Å². The van der Waals surface area contributed by atoms with Crippen LogP contribution in [0.2, 0.25) is 0 Å². The lowest BCUT2D eigenvalue weighted by molar-refractivity contribution is -0.118. The number of carbonyl (C=O) groups excluding carboxylic acids is 2. The first-order chi connectivity index (χ1) is 27.9. The van der Waals surface area contributed by atoms with Gasteiger partial charge in [0.1, 0.15) is 11.5 Å². The molecule has 58 heavy (non-hydrogen) atoms. The number of ketones is 1. The topological polar surface area (TPSA) is 187 Å². The number of aromatic hydroxyl groups is 1. The first-order valence-electron chi connectivity index (χ1n) is 19.8. The van der Waals surface area contributed by atoms with E-state index in [9.17, 15) is 27.9 Å². The molecule has 0 saturated heterocycles. The number of aromatic nitrogens is 4. The number of H-pyrrole nitrogens is 1. The Labute approximate surface area is 339 Å². The van der Waals surface area contributed by atoms with Gasteiger partial charge in [-0.3, -0.25) is 24.0 Å². The molecule has 3 aromatic carbocycles. The quantitative estimate of drug-likeness (QED) is 0.0289. The summed E-state index contributed by atoms with van der Waals surface area (Å²) in [6.07, 6.45) is 13.4. The average Bonchev–Trinajstić information content (AvgIpc) is 3.69. The fourth-order valence-corrected chi connectivity index (χ4v) is 7.88. The standard InChI is InChI=1S/C43H54N6O8S/c1-5-6-7-8-9-10-11-12-13-17-26-57-34-22-20-33(21-23-34)47-58(54,55)35-24-25-37(56-4)36(27-35)44-42(52)40(41(51)39-30(2)45-46-31(39)3)49-38(50)29-48(43(49)53)28-32-18-15-14-16-19-32/h14-16,18-25,27,29,40,47,50H,5-13,17,26,28H2,1-4H3,(H,44,52)(H,45,46). The molecular weight excluding hydrogens is 761 g/mol. The lowest BCUT2D eigenvalue weighted by Gasteiger charge is -2.19. The van der Waals surface area contributed by atoms with Crippen molar-refractivity contribution in [1.29, 1.82) is 0 Å². The minimum absolute atomic E-state index is 0.0579. The molecule has 5 aromatic rings. The van der Waals surface area contributed by atoms with Crippen molar-refractivity contribution in [2.24, 2.45) is 0 Å². The van der Waals surface area contributed by atoms with Crippen molar-refractivity contribution in [2.75, 3.05) is 23.8 Å². The zero-order valence-electron chi connectivity index (χ0n) is 33.6. The number of ether oxygens (including phenoxy) is 2. The highest BCUT2D eigenvalue weighted by Crippen LogP contribution is 2.31. The summed E-state index contributed by atoms with van der Waals surface area (Å²) in [5.74, 6) is -1.78. The molecule has 15 heteroatoms. The van der Waals surface area contributed by atoms with E-state index in [1.807, 2.05) is 6.07 Å². The van der Waals surface area contributed by atoms with Crippen LogP contribution >= 0.6 is 0 Å². The molecule has 1 unspecified atom stereocenters. The number of aromatic amines is 1. The zero-order valence-corrected chi connectivity index (χ0v) is 34.4. The van der Waals surface area contributed by atoms with Crippen molar-refractivity contribution in [3.63, 3.8) is 0 Å². The van der Waals surface area contributed by atoms with Gasteiger partial charge in [0.2, 0.25) is 5.88 Å². The van der Waals surface area contributed by atoms with Gasteiger partial charge >= 0.3 is 5.69 Å². The highest BCUT2D eigenvalue weighted by atomic mass is 32.2. The summed E-state index contributed by atoms with van der Waals surface area (Å²) >= 11 is 0. The maximum atomic E-state index is 14.2. The predicted molar refractivity (Wildman–Crippen MR) is 224 cm³/mol. The third kappa shape index (κ3) is 11.2. The van der Waals surface area contributed by atoms with E-state index in [-0.39, 0.29) is 34.1 Å². The lowest BCUT2D eigenvalue weighted by Crippen LogP contribution is -2.39. The van der Waals surface area contributed by atoms with Crippen molar-refractivity contribution >= 4 is 33.1 Å². The number of anilines is 2. The zero-order chi connectivity index (χ0) is 41.7. The van der Waals surface area contributed by atoms with Gasteiger partial charge in [-0.25, -0.2) is 17.8 Å². The summed E-state index contributed by atoms with van der Waals surface area (Å²) < 4.78 is 42.9. The van der Waals surface area contributed by atoms with Crippen LogP contribution in [0, 0.1) is 13.8 Å². The maximum absolute atomic E-state index is 14.2. The maximum Gasteiger partial charge on any atom is 0.332 e. The fourth-order valence-electron chi connectivity index (χ4n) is 6.80. The number of Topliss-reactive ketones (excluding diaryl/α,β-unsaturated/α-hetero) is 1. The van der Waals surface area contributed by atoms with Gasteiger partial charge in [0, 0.05) is 11.4 Å². The Morgan fingerprint density at radius 1 is 0.897 bits per heavy atom. The van der Waals surface area contributed by atoms with Crippen LogP contribution in [-0.4, -0.2) is 58.3 Å². The number of imidazole rings is 1. The lowest BCUT2D eigenvalue weighted by atomic mass is 10.0. The summed E-state index contributed by atoms with van der Waals surface area (Å²) in [4.78, 5) is 41.9. The van der Waals surface area contributed by atoms with Crippen molar-refractivity contribution in [1.82, 2.24) is 19.3 Å². The average molecular weight is 815 g/mol. The second kappa shape index (κ2) is 20.5. The molecule has 0 aliphatic heterocycles. The number of hydrogen-bond acceptors (Lipinski definition) is 9. The minimum atomic E-state index is -4.20. The van der Waals surface area contributed by atoms with Crippen LogP contribution in [0.4, 0.5) is 11.4 Å². The van der Waals surface area contributed by atoms with Crippen molar-refractivity contribution in [3.8, 4) is 17.4 Å². The molecule has 0 spiro atoms. The van der Waals surface area contributed by atoms with Gasteiger partial charge in [0.15, 0.2) is 11.8 Å². The Hall–Kier alpha value is -5.83. The number of nitrogens with one attached hydrogen (secondary N) is 3. The highest BCUT2D eigenvalue weighted by molar-refractivity contribution is 7.92. The molecule has 4 N–H and O–H groups in total. The van der Waals surface area contributed by atoms with E-state index in [2.05, 4.69) is 27.2 Å². The Morgan fingerprint density at radius 3 is 2.17 bits per heavy atom. The van der Waals surface area contributed by atoms with E-state index >= 15 is 0 Å². The molecule has 0 aliphatic carbocycles.